The van der Waals surface area contributed by atoms with Gasteiger partial charge in [-0.05, 0) is 12.1 Å². The van der Waals surface area contributed by atoms with Crippen LogP contribution in [0.2, 0.25) is 0 Å². The lowest BCUT2D eigenvalue weighted by Gasteiger charge is -2.02. The van der Waals surface area contributed by atoms with Gasteiger partial charge < -0.3 is 16.4 Å². The number of pyridine rings is 1. The Morgan fingerprint density at radius 1 is 1.53 bits per heavy atom. The van der Waals surface area contributed by atoms with Gasteiger partial charge in [-0.3, -0.25) is 9.78 Å². The Bertz CT molecular complexity index is 525. The fourth-order valence-electron chi connectivity index (χ4n) is 1.23. The highest BCUT2D eigenvalue weighted by Crippen LogP contribution is 2.25. The number of carbonyl (C=O) groups is 1. The van der Waals surface area contributed by atoms with Crippen molar-refractivity contribution in [1.82, 2.24) is 9.97 Å². The molecule has 2 aromatic rings. The molecule has 88 valence electrons. The molecule has 0 spiro atoms. The Labute approximate surface area is 102 Å². The number of anilines is 3. The van der Waals surface area contributed by atoms with Crippen molar-refractivity contribution in [3.63, 3.8) is 0 Å². The number of carbonyl (C=O) groups excluding carboxylic acids is 1. The Balaban J connectivity index is 2.17. The summed E-state index contributed by atoms with van der Waals surface area (Å²) in [7, 11) is 1.72. The first kappa shape index (κ1) is 11.3. The molecule has 0 unspecified atom stereocenters. The number of nitrogens with one attached hydrogen (secondary N) is 2. The van der Waals surface area contributed by atoms with E-state index < -0.39 is 0 Å². The molecule has 0 aliphatic rings. The number of hydrogen-bond donors (Lipinski definition) is 3. The van der Waals surface area contributed by atoms with E-state index >= 15 is 0 Å². The van der Waals surface area contributed by atoms with Crippen LogP contribution in [0.15, 0.2) is 24.5 Å². The summed E-state index contributed by atoms with van der Waals surface area (Å²) < 4.78 is 0. The number of aromatic nitrogens is 2. The van der Waals surface area contributed by atoms with Gasteiger partial charge in [0.1, 0.15) is 10.7 Å². The van der Waals surface area contributed by atoms with Crippen molar-refractivity contribution in [2.45, 2.75) is 0 Å². The van der Waals surface area contributed by atoms with Gasteiger partial charge >= 0.3 is 0 Å². The average molecular weight is 249 g/mol. The maximum absolute atomic E-state index is 11.9. The topological polar surface area (TPSA) is 92.9 Å². The predicted molar refractivity (Wildman–Crippen MR) is 68.3 cm³/mol. The van der Waals surface area contributed by atoms with Gasteiger partial charge in [-0.15, -0.1) is 0 Å². The molecule has 0 saturated carbocycles. The summed E-state index contributed by atoms with van der Waals surface area (Å²) >= 11 is 1.21. The van der Waals surface area contributed by atoms with Crippen LogP contribution in [0, 0.1) is 0 Å². The second kappa shape index (κ2) is 4.79. The molecule has 0 fully saturated rings. The third-order valence-electron chi connectivity index (χ3n) is 1.99. The summed E-state index contributed by atoms with van der Waals surface area (Å²) in [5.41, 5.74) is 6.28. The van der Waals surface area contributed by atoms with E-state index in [0.717, 1.165) is 0 Å². The normalized spacial score (nSPS) is 9.94. The summed E-state index contributed by atoms with van der Waals surface area (Å²) in [4.78, 5) is 20.2. The first-order valence-electron chi connectivity index (χ1n) is 4.86. The number of nitrogen functional groups attached to an aromatic ring is 1. The minimum Gasteiger partial charge on any atom is -0.382 e. The van der Waals surface area contributed by atoms with Gasteiger partial charge in [0.2, 0.25) is 0 Å². The molecule has 0 saturated heterocycles. The molecule has 7 heteroatoms. The van der Waals surface area contributed by atoms with Gasteiger partial charge in [-0.2, -0.15) is 0 Å². The van der Waals surface area contributed by atoms with Crippen LogP contribution in [0.4, 0.5) is 16.6 Å². The fraction of sp³-hybridized carbons (Fsp3) is 0.100. The van der Waals surface area contributed by atoms with Crippen LogP contribution in [0.25, 0.3) is 0 Å². The lowest BCUT2D eigenvalue weighted by atomic mass is 10.4. The van der Waals surface area contributed by atoms with E-state index in [1.807, 2.05) is 0 Å². The molecule has 4 N–H and O–H groups in total. The molecule has 0 aliphatic heterocycles. The van der Waals surface area contributed by atoms with Crippen LogP contribution in [0.5, 0.6) is 0 Å². The molecule has 0 bridgehead atoms. The second-order valence-electron chi connectivity index (χ2n) is 3.18. The highest BCUT2D eigenvalue weighted by atomic mass is 32.1. The van der Waals surface area contributed by atoms with Crippen molar-refractivity contribution in [3.8, 4) is 0 Å². The molecule has 2 rings (SSSR count). The van der Waals surface area contributed by atoms with E-state index in [4.69, 9.17) is 5.73 Å². The summed E-state index contributed by atoms with van der Waals surface area (Å²) in [5.74, 6) is -0.0600. The maximum Gasteiger partial charge on any atom is 0.269 e. The smallest absolute Gasteiger partial charge is 0.269 e. The zero-order chi connectivity index (χ0) is 12.3. The Morgan fingerprint density at radius 3 is 2.94 bits per heavy atom. The van der Waals surface area contributed by atoms with Crippen molar-refractivity contribution in [3.05, 3.63) is 29.4 Å². The number of nitrogens with two attached hydrogens (primary N) is 1. The highest BCUT2D eigenvalue weighted by Gasteiger charge is 2.15. The minimum atomic E-state index is -0.283. The van der Waals surface area contributed by atoms with E-state index in [9.17, 15) is 4.79 Å². The van der Waals surface area contributed by atoms with Crippen LogP contribution in [-0.4, -0.2) is 22.9 Å². The van der Waals surface area contributed by atoms with E-state index in [2.05, 4.69) is 20.6 Å². The first-order valence-corrected chi connectivity index (χ1v) is 5.68. The Morgan fingerprint density at radius 2 is 2.35 bits per heavy atom. The molecule has 0 radical (unpaired) electrons. The van der Waals surface area contributed by atoms with Gasteiger partial charge in [-0.1, -0.05) is 11.3 Å². The number of rotatable bonds is 3. The fourth-order valence-corrected chi connectivity index (χ4v) is 1.96. The summed E-state index contributed by atoms with van der Waals surface area (Å²) in [6, 6.07) is 3.49. The SMILES string of the molecule is CNc1nc(N)c(C(=O)Nc2cccnc2)s1. The molecule has 0 aromatic carbocycles. The molecule has 1 amide bonds. The van der Waals surface area contributed by atoms with Crippen LogP contribution >= 0.6 is 11.3 Å². The molecular weight excluding hydrogens is 238 g/mol. The van der Waals surface area contributed by atoms with Gasteiger partial charge in [-0.25, -0.2) is 4.98 Å². The molecule has 0 aliphatic carbocycles. The van der Waals surface area contributed by atoms with Gasteiger partial charge in [0, 0.05) is 13.2 Å². The minimum absolute atomic E-state index is 0.223. The van der Waals surface area contributed by atoms with Gasteiger partial charge in [0.05, 0.1) is 11.9 Å². The number of thiazole rings is 1. The van der Waals surface area contributed by atoms with E-state index in [1.54, 1.807) is 31.6 Å². The largest absolute Gasteiger partial charge is 0.382 e. The van der Waals surface area contributed by atoms with Crippen LogP contribution in [0.1, 0.15) is 9.67 Å². The predicted octanol–water partition coefficient (Wildman–Crippen LogP) is 1.41. The summed E-state index contributed by atoms with van der Waals surface area (Å²) in [6.45, 7) is 0. The first-order chi connectivity index (χ1) is 8.20. The van der Waals surface area contributed by atoms with Gasteiger partial charge in [0.15, 0.2) is 5.13 Å². The molecular formula is C10H11N5OS. The standard InChI is InChI=1S/C10H11N5OS/c1-12-10-15-8(11)7(17-10)9(16)14-6-3-2-4-13-5-6/h2-5H,11H2,1H3,(H,12,15)(H,14,16). The average Bonchev–Trinajstić information content (AvgIpc) is 2.72. The van der Waals surface area contributed by atoms with Crippen molar-refractivity contribution >= 4 is 33.9 Å². The van der Waals surface area contributed by atoms with E-state index in [1.165, 1.54) is 11.3 Å². The Hall–Kier alpha value is -2.15. The summed E-state index contributed by atoms with van der Waals surface area (Å²) in [5, 5.41) is 6.15. The van der Waals surface area contributed by atoms with Crippen LogP contribution in [-0.2, 0) is 0 Å². The number of hydrogen-bond acceptors (Lipinski definition) is 6. The molecule has 2 aromatic heterocycles. The zero-order valence-corrected chi connectivity index (χ0v) is 9.91. The maximum atomic E-state index is 11.9. The van der Waals surface area contributed by atoms with Crippen LogP contribution in [0.3, 0.4) is 0 Å². The third-order valence-corrected chi connectivity index (χ3v) is 3.08. The van der Waals surface area contributed by atoms with Crippen molar-refractivity contribution in [2.24, 2.45) is 0 Å². The lowest BCUT2D eigenvalue weighted by molar-refractivity contribution is 0.103. The summed E-state index contributed by atoms with van der Waals surface area (Å²) in [6.07, 6.45) is 3.20. The molecule has 6 nitrogen and oxygen atoms in total. The van der Waals surface area contributed by atoms with Crippen molar-refractivity contribution < 1.29 is 4.79 Å². The lowest BCUT2D eigenvalue weighted by Crippen LogP contribution is -2.12. The highest BCUT2D eigenvalue weighted by molar-refractivity contribution is 7.18. The number of amides is 1. The number of nitrogens with zero attached hydrogens (tertiary/aromatic N) is 2. The third kappa shape index (κ3) is 2.51. The molecule has 0 atom stereocenters. The molecule has 17 heavy (non-hydrogen) atoms. The monoisotopic (exact) mass is 249 g/mol. The van der Waals surface area contributed by atoms with Crippen molar-refractivity contribution in [1.29, 1.82) is 0 Å². The van der Waals surface area contributed by atoms with E-state index in [-0.39, 0.29) is 11.7 Å². The van der Waals surface area contributed by atoms with Crippen molar-refractivity contribution in [2.75, 3.05) is 23.4 Å². The van der Waals surface area contributed by atoms with E-state index in [0.29, 0.717) is 15.7 Å². The molecule has 2 heterocycles. The van der Waals surface area contributed by atoms with Crippen LogP contribution < -0.4 is 16.4 Å². The zero-order valence-electron chi connectivity index (χ0n) is 9.10. The second-order valence-corrected chi connectivity index (χ2v) is 4.18. The Kier molecular flexibility index (Phi) is 3.20. The quantitative estimate of drug-likeness (QED) is 0.764. The van der Waals surface area contributed by atoms with Gasteiger partial charge in [0.25, 0.3) is 5.91 Å².